The Kier molecular flexibility index (Phi) is 5.97. The lowest BCUT2D eigenvalue weighted by atomic mass is 10.0. The van der Waals surface area contributed by atoms with Gasteiger partial charge < -0.3 is 30.2 Å². The number of methoxy groups -OCH3 is 1. The normalized spacial score (nSPS) is 22.9. The number of halogens is 1. The molecular weight excluding hydrogens is 439 g/mol. The fraction of sp³-hybridized carbons (Fsp3) is 0.360. The fourth-order valence-corrected chi connectivity index (χ4v) is 4.60. The lowest BCUT2D eigenvalue weighted by Gasteiger charge is -2.37. The largest absolute Gasteiger partial charge is 0.494 e. The third kappa shape index (κ3) is 4.24. The molecule has 2 aromatic carbocycles. The van der Waals surface area contributed by atoms with Crippen molar-refractivity contribution < 1.29 is 23.4 Å². The number of rotatable bonds is 6. The number of nitrogen functional groups attached to an aromatic ring is 1. The topological polar surface area (TPSA) is 98.9 Å². The molecule has 2 atom stereocenters. The van der Waals surface area contributed by atoms with Crippen LogP contribution in [0.3, 0.4) is 0 Å². The van der Waals surface area contributed by atoms with Gasteiger partial charge in [0.15, 0.2) is 24.1 Å². The van der Waals surface area contributed by atoms with Crippen LogP contribution in [-0.2, 0) is 14.3 Å². The molecule has 3 heterocycles. The van der Waals surface area contributed by atoms with Crippen LogP contribution in [0.15, 0.2) is 48.7 Å². The molecule has 2 aliphatic heterocycles. The minimum Gasteiger partial charge on any atom is -0.494 e. The molecule has 34 heavy (non-hydrogen) atoms. The second-order valence-corrected chi connectivity index (χ2v) is 8.64. The molecule has 3 aromatic rings. The second-order valence-electron chi connectivity index (χ2n) is 8.64. The average molecular weight is 467 g/mol. The summed E-state index contributed by atoms with van der Waals surface area (Å²) in [6.45, 7) is 2.98. The summed E-state index contributed by atoms with van der Waals surface area (Å²) in [5, 5.41) is 5.07. The van der Waals surface area contributed by atoms with Gasteiger partial charge >= 0.3 is 0 Å². The third-order valence-electron chi connectivity index (χ3n) is 6.43. The fourth-order valence-electron chi connectivity index (χ4n) is 4.60. The minimum atomic E-state index is -0.743. The summed E-state index contributed by atoms with van der Waals surface area (Å²) in [6.07, 6.45) is 1.97. The first kappa shape index (κ1) is 22.4. The number of anilines is 2. The molecule has 0 radical (unpaired) electrons. The molecule has 2 saturated heterocycles. The molecule has 0 bridgehead atoms. The van der Waals surface area contributed by atoms with E-state index in [-0.39, 0.29) is 30.2 Å². The molecule has 2 aliphatic rings. The highest BCUT2D eigenvalue weighted by atomic mass is 19.1. The molecule has 0 aliphatic carbocycles. The molecule has 0 unspecified atom stereocenters. The summed E-state index contributed by atoms with van der Waals surface area (Å²) in [7, 11) is 1.40. The zero-order valence-electron chi connectivity index (χ0n) is 19.0. The van der Waals surface area contributed by atoms with E-state index in [1.807, 2.05) is 31.2 Å². The van der Waals surface area contributed by atoms with Gasteiger partial charge in [0.1, 0.15) is 11.9 Å². The van der Waals surface area contributed by atoms with Crippen molar-refractivity contribution in [2.45, 2.75) is 32.0 Å². The Balaban J connectivity index is 1.43. The van der Waals surface area contributed by atoms with Crippen molar-refractivity contribution in [2.24, 2.45) is 5.92 Å². The highest BCUT2D eigenvalue weighted by Gasteiger charge is 2.41. The van der Waals surface area contributed by atoms with E-state index in [1.54, 1.807) is 23.2 Å². The minimum absolute atomic E-state index is 0.0824. The smallest absolute Gasteiger partial charge is 0.249 e. The van der Waals surface area contributed by atoms with Crippen molar-refractivity contribution in [2.75, 3.05) is 31.2 Å². The Bertz CT molecular complexity index is 1220. The van der Waals surface area contributed by atoms with Crippen LogP contribution in [0.25, 0.3) is 10.8 Å². The summed E-state index contributed by atoms with van der Waals surface area (Å²) in [5.74, 6) is 0.0511. The first-order chi connectivity index (χ1) is 16.4. The van der Waals surface area contributed by atoms with E-state index in [2.05, 4.69) is 10.3 Å². The van der Waals surface area contributed by atoms with Gasteiger partial charge in [-0.05, 0) is 60.7 Å². The zero-order valence-corrected chi connectivity index (χ0v) is 19.0. The first-order valence-electron chi connectivity index (χ1n) is 11.3. The van der Waals surface area contributed by atoms with Crippen LogP contribution >= 0.6 is 0 Å². The lowest BCUT2D eigenvalue weighted by Crippen LogP contribution is -2.45. The number of ether oxygens (including phenoxy) is 3. The maximum Gasteiger partial charge on any atom is 0.249 e. The monoisotopic (exact) mass is 466 g/mol. The van der Waals surface area contributed by atoms with Crippen molar-refractivity contribution in [3.05, 3.63) is 60.0 Å². The molecule has 2 fully saturated rings. The summed E-state index contributed by atoms with van der Waals surface area (Å²) in [4.78, 5) is 19.6. The van der Waals surface area contributed by atoms with E-state index >= 15 is 0 Å². The van der Waals surface area contributed by atoms with Crippen LogP contribution < -0.4 is 15.8 Å². The molecule has 5 rings (SSSR count). The molecule has 9 heteroatoms. The Morgan fingerprint density at radius 3 is 2.85 bits per heavy atom. The predicted molar refractivity (Wildman–Crippen MR) is 126 cm³/mol. The van der Waals surface area contributed by atoms with E-state index < -0.39 is 11.9 Å². The van der Waals surface area contributed by atoms with Crippen LogP contribution in [0.1, 0.15) is 24.9 Å². The van der Waals surface area contributed by atoms with Gasteiger partial charge in [-0.25, -0.2) is 9.37 Å². The van der Waals surface area contributed by atoms with Gasteiger partial charge in [-0.2, -0.15) is 0 Å². The highest BCUT2D eigenvalue weighted by molar-refractivity contribution is 5.94. The Morgan fingerprint density at radius 2 is 2.09 bits per heavy atom. The van der Waals surface area contributed by atoms with Gasteiger partial charge in [0, 0.05) is 36.3 Å². The number of carbonyl (C=O) groups excluding carboxylic acids is 1. The number of carbonyl (C=O) groups is 1. The standard InChI is InChI=1S/C25H27FN4O4/c1-14-33-25(34-14)17-8-10-30(13-17)24(31)22(16-3-6-20(26)21(12-16)32-2)29-18-4-5-19-15(11-18)7-9-28-23(19)27/h3-7,9,11-12,14,17,22,25,29H,8,10,13H2,1-2H3,(H2,27,28)/t14?,17-,22-,25?/m1/s1. The van der Waals surface area contributed by atoms with Gasteiger partial charge in [0.05, 0.1) is 7.11 Å². The lowest BCUT2D eigenvalue weighted by molar-refractivity contribution is -0.390. The van der Waals surface area contributed by atoms with Crippen LogP contribution in [-0.4, -0.2) is 48.6 Å². The van der Waals surface area contributed by atoms with Crippen LogP contribution in [0.5, 0.6) is 5.75 Å². The number of hydrogen-bond donors (Lipinski definition) is 2. The number of nitrogens with one attached hydrogen (secondary N) is 1. The Labute approximate surface area is 196 Å². The summed E-state index contributed by atoms with van der Waals surface area (Å²) >= 11 is 0. The van der Waals surface area contributed by atoms with Gasteiger partial charge in [0.25, 0.3) is 0 Å². The molecule has 178 valence electrons. The first-order valence-corrected chi connectivity index (χ1v) is 11.3. The van der Waals surface area contributed by atoms with Crippen molar-refractivity contribution in [1.82, 2.24) is 9.88 Å². The zero-order chi connectivity index (χ0) is 23.8. The highest BCUT2D eigenvalue weighted by Crippen LogP contribution is 2.34. The van der Waals surface area contributed by atoms with Crippen molar-refractivity contribution in [3.8, 4) is 5.75 Å². The van der Waals surface area contributed by atoms with Crippen molar-refractivity contribution in [3.63, 3.8) is 0 Å². The Morgan fingerprint density at radius 1 is 1.26 bits per heavy atom. The summed E-state index contributed by atoms with van der Waals surface area (Å²) in [5.41, 5.74) is 7.31. The predicted octanol–water partition coefficient (Wildman–Crippen LogP) is 3.69. The number of amides is 1. The average Bonchev–Trinajstić information content (AvgIpc) is 3.30. The SMILES string of the molecule is COc1cc([C@@H](Nc2ccc3c(N)nccc3c2)C(=O)N2CC[C@@H](C3OC(C)O3)C2)ccc1F. The van der Waals surface area contributed by atoms with Crippen LogP contribution in [0.2, 0.25) is 0 Å². The summed E-state index contributed by atoms with van der Waals surface area (Å²) < 4.78 is 30.5. The number of hydrogen-bond acceptors (Lipinski definition) is 7. The molecule has 3 N–H and O–H groups in total. The molecule has 8 nitrogen and oxygen atoms in total. The van der Waals surface area contributed by atoms with Gasteiger partial charge in [-0.1, -0.05) is 6.07 Å². The van der Waals surface area contributed by atoms with E-state index in [9.17, 15) is 9.18 Å². The Hall–Kier alpha value is -3.43. The molecule has 1 amide bonds. The van der Waals surface area contributed by atoms with E-state index in [1.165, 1.54) is 13.2 Å². The van der Waals surface area contributed by atoms with Gasteiger partial charge in [-0.3, -0.25) is 4.79 Å². The molecule has 0 spiro atoms. The molecule has 0 saturated carbocycles. The van der Waals surface area contributed by atoms with Crippen molar-refractivity contribution in [1.29, 1.82) is 0 Å². The van der Waals surface area contributed by atoms with Crippen LogP contribution in [0.4, 0.5) is 15.9 Å². The van der Waals surface area contributed by atoms with Gasteiger partial charge in [-0.15, -0.1) is 0 Å². The summed E-state index contributed by atoms with van der Waals surface area (Å²) in [6, 6.07) is 11.2. The number of aromatic nitrogens is 1. The molecule has 1 aromatic heterocycles. The van der Waals surface area contributed by atoms with E-state index in [0.29, 0.717) is 24.5 Å². The van der Waals surface area contributed by atoms with E-state index in [0.717, 1.165) is 22.9 Å². The number of fused-ring (bicyclic) bond motifs is 1. The quantitative estimate of drug-likeness (QED) is 0.572. The second kappa shape index (κ2) is 9.08. The number of benzene rings is 2. The maximum atomic E-state index is 14.1. The number of pyridine rings is 1. The third-order valence-corrected chi connectivity index (χ3v) is 6.43. The molecular formula is C25H27FN4O4. The number of likely N-dealkylation sites (tertiary alicyclic amines) is 1. The van der Waals surface area contributed by atoms with Crippen molar-refractivity contribution >= 4 is 28.2 Å². The number of nitrogens with zero attached hydrogens (tertiary/aromatic N) is 2. The van der Waals surface area contributed by atoms with E-state index in [4.69, 9.17) is 19.9 Å². The van der Waals surface area contributed by atoms with Gasteiger partial charge in [0.2, 0.25) is 5.91 Å². The number of nitrogens with two attached hydrogens (primary N) is 1. The van der Waals surface area contributed by atoms with Crippen LogP contribution in [0, 0.1) is 11.7 Å². The maximum absolute atomic E-state index is 14.1.